The first-order chi connectivity index (χ1) is 22.9. The molecule has 2 aromatic heterocycles. The fourth-order valence-corrected chi connectivity index (χ4v) is 6.13. The second-order valence-electron chi connectivity index (χ2n) is 13.4. The van der Waals surface area contributed by atoms with Gasteiger partial charge in [-0.3, -0.25) is 14.8 Å². The second kappa shape index (κ2) is 12.0. The van der Waals surface area contributed by atoms with Crippen LogP contribution in [0.25, 0.3) is 21.7 Å². The molecule has 4 aromatic rings. The Balaban J connectivity index is 1.49. The lowest BCUT2D eigenvalue weighted by Crippen LogP contribution is -2.52. The third-order valence-electron chi connectivity index (χ3n) is 8.48. The van der Waals surface area contributed by atoms with E-state index in [4.69, 9.17) is 11.6 Å². The van der Waals surface area contributed by atoms with E-state index in [0.717, 1.165) is 11.2 Å². The number of hydrogen-bond donors (Lipinski definition) is 4. The highest BCUT2D eigenvalue weighted by molar-refractivity contribution is 6.35. The first-order valence-corrected chi connectivity index (χ1v) is 15.6. The average Bonchev–Trinajstić information content (AvgIpc) is 3.70. The van der Waals surface area contributed by atoms with Crippen molar-refractivity contribution in [1.82, 2.24) is 25.5 Å². The Morgan fingerprint density at radius 3 is 2.45 bits per heavy atom. The summed E-state index contributed by atoms with van der Waals surface area (Å²) >= 11 is 6.71. The Morgan fingerprint density at radius 2 is 1.82 bits per heavy atom. The van der Waals surface area contributed by atoms with Gasteiger partial charge in [-0.2, -0.15) is 31.6 Å². The number of nitriles is 1. The van der Waals surface area contributed by atoms with Crippen molar-refractivity contribution in [1.29, 1.82) is 5.26 Å². The highest BCUT2D eigenvalue weighted by Gasteiger charge is 2.67. The minimum atomic E-state index is -4.64. The van der Waals surface area contributed by atoms with Gasteiger partial charge in [0.15, 0.2) is 5.54 Å². The maximum Gasteiger partial charge on any atom is 0.413 e. The maximum atomic E-state index is 14.1. The molecule has 49 heavy (non-hydrogen) atoms. The number of benzene rings is 2. The van der Waals surface area contributed by atoms with E-state index in [2.05, 4.69) is 32.6 Å². The second-order valence-corrected chi connectivity index (χ2v) is 13.8. The van der Waals surface area contributed by atoms with Gasteiger partial charge in [-0.25, -0.2) is 0 Å². The van der Waals surface area contributed by atoms with Crippen LogP contribution in [0, 0.1) is 16.7 Å². The van der Waals surface area contributed by atoms with Crippen LogP contribution in [0.2, 0.25) is 5.02 Å². The summed E-state index contributed by atoms with van der Waals surface area (Å²) in [6.45, 7) is 5.07. The first kappa shape index (κ1) is 34.2. The van der Waals surface area contributed by atoms with Crippen molar-refractivity contribution in [2.24, 2.45) is 5.41 Å². The van der Waals surface area contributed by atoms with Crippen molar-refractivity contribution in [3.8, 4) is 6.07 Å². The molecule has 16 heteroatoms. The van der Waals surface area contributed by atoms with Crippen molar-refractivity contribution >= 4 is 44.7 Å². The molecular weight excluding hydrogens is 674 g/mol. The summed E-state index contributed by atoms with van der Waals surface area (Å²) in [7, 11) is 0. The van der Waals surface area contributed by atoms with E-state index in [0.29, 0.717) is 39.0 Å². The van der Waals surface area contributed by atoms with Gasteiger partial charge in [0.1, 0.15) is 12.6 Å². The lowest BCUT2D eigenvalue weighted by atomic mass is 9.96. The molecule has 1 atom stereocenters. The number of alkyl halides is 6. The summed E-state index contributed by atoms with van der Waals surface area (Å²) in [6, 6.07) is 10.3. The molecule has 258 valence electrons. The molecule has 2 aliphatic rings. The Morgan fingerprint density at radius 1 is 1.08 bits per heavy atom. The van der Waals surface area contributed by atoms with Crippen LogP contribution < -0.4 is 27.2 Å². The number of pyridine rings is 2. The molecule has 1 aliphatic heterocycles. The fourth-order valence-electron chi connectivity index (χ4n) is 5.86. The van der Waals surface area contributed by atoms with E-state index in [1.165, 1.54) is 30.6 Å². The molecule has 0 bridgehead atoms. The molecule has 1 aliphatic carbocycles. The number of aromatic nitrogens is 2. The molecule has 1 saturated carbocycles. The van der Waals surface area contributed by atoms with Crippen LogP contribution in [0.3, 0.4) is 0 Å². The Labute approximate surface area is 281 Å². The molecule has 3 heterocycles. The van der Waals surface area contributed by atoms with E-state index >= 15 is 0 Å². The molecule has 0 spiro atoms. The summed E-state index contributed by atoms with van der Waals surface area (Å²) in [6.07, 6.45) is -5.68. The van der Waals surface area contributed by atoms with Crippen LogP contribution in [0.4, 0.5) is 37.7 Å². The molecule has 6 rings (SSSR count). The van der Waals surface area contributed by atoms with Crippen molar-refractivity contribution in [3.63, 3.8) is 0 Å². The first-order valence-electron chi connectivity index (χ1n) is 15.2. The summed E-state index contributed by atoms with van der Waals surface area (Å²) in [4.78, 5) is 17.6. The largest absolute Gasteiger partial charge is 0.413 e. The molecule has 4 N–H and O–H groups in total. The fraction of sp³-hybridized carbons (Fsp3) is 0.364. The third-order valence-corrected chi connectivity index (χ3v) is 8.77. The number of hydrazine groups is 2. The number of nitrogens with zero attached hydrogens (tertiary/aromatic N) is 4. The number of anilines is 2. The van der Waals surface area contributed by atoms with Gasteiger partial charge in [0.25, 0.3) is 5.56 Å². The predicted molar refractivity (Wildman–Crippen MR) is 174 cm³/mol. The summed E-state index contributed by atoms with van der Waals surface area (Å²) in [5, 5.41) is 18.5. The molecule has 0 saturated heterocycles. The molecule has 9 nitrogen and oxygen atoms in total. The van der Waals surface area contributed by atoms with Crippen molar-refractivity contribution in [3.05, 3.63) is 87.2 Å². The molecule has 0 amide bonds. The van der Waals surface area contributed by atoms with Crippen LogP contribution in [0.15, 0.2) is 65.5 Å². The molecule has 2 aromatic carbocycles. The average molecular weight is 705 g/mol. The van der Waals surface area contributed by atoms with E-state index in [1.54, 1.807) is 18.2 Å². The van der Waals surface area contributed by atoms with Crippen molar-refractivity contribution < 1.29 is 26.3 Å². The monoisotopic (exact) mass is 704 g/mol. The van der Waals surface area contributed by atoms with Gasteiger partial charge in [0, 0.05) is 41.6 Å². The van der Waals surface area contributed by atoms with Gasteiger partial charge in [0.05, 0.1) is 33.5 Å². The molecule has 1 fully saturated rings. The Bertz CT molecular complexity index is 2080. The zero-order chi connectivity index (χ0) is 35.5. The zero-order valence-electron chi connectivity index (χ0n) is 26.4. The van der Waals surface area contributed by atoms with Crippen molar-refractivity contribution in [2.75, 3.05) is 17.2 Å². The normalized spacial score (nSPS) is 16.7. The number of hydrogen-bond acceptors (Lipinski definition) is 8. The predicted octanol–water partition coefficient (Wildman–Crippen LogP) is 7.51. The summed E-state index contributed by atoms with van der Waals surface area (Å²) < 4.78 is 82.4. The van der Waals surface area contributed by atoms with Crippen LogP contribution in [-0.2, 0) is 6.54 Å². The van der Waals surface area contributed by atoms with Crippen LogP contribution in [0.1, 0.15) is 50.8 Å². The zero-order valence-corrected chi connectivity index (χ0v) is 27.2. The van der Waals surface area contributed by atoms with Crippen LogP contribution >= 0.6 is 11.6 Å². The standard InChI is InChI=1S/C33H31ClF6N8O/c1-30(2,3)16-43-26-18(13-41)14-42-27-23(26)11-19(12-24(27)34)44-28(25-15-48(46-45-25)31(8-9-31)33(38,39)40)21-5-4-6-22-20(21)7-10-47(29(22)49)17-32(35,36)37/h4-7,10-12,14-15,28,44-46H,8-9,16-17H2,1-3H3,(H,42,43)/t28-/m0/s1. The van der Waals surface area contributed by atoms with E-state index in [9.17, 15) is 36.4 Å². The molecule has 0 unspecified atom stereocenters. The summed E-state index contributed by atoms with van der Waals surface area (Å²) in [5.41, 5.74) is 4.45. The Kier molecular flexibility index (Phi) is 8.39. The minimum absolute atomic E-state index is 0.0125. The smallest absolute Gasteiger partial charge is 0.383 e. The molecular formula is C33H31ClF6N8O. The van der Waals surface area contributed by atoms with Crippen LogP contribution in [0.5, 0.6) is 0 Å². The lowest BCUT2D eigenvalue weighted by molar-refractivity contribution is -0.195. The Hall–Kier alpha value is -4.68. The van der Waals surface area contributed by atoms with Gasteiger partial charge < -0.3 is 20.6 Å². The van der Waals surface area contributed by atoms with Gasteiger partial charge in [-0.1, -0.05) is 44.5 Å². The van der Waals surface area contributed by atoms with E-state index in [-0.39, 0.29) is 45.3 Å². The quantitative estimate of drug-likeness (QED) is 0.140. The van der Waals surface area contributed by atoms with Crippen LogP contribution in [-0.4, -0.2) is 39.0 Å². The van der Waals surface area contributed by atoms with Gasteiger partial charge in [-0.15, -0.1) is 5.53 Å². The van der Waals surface area contributed by atoms with E-state index < -0.39 is 36.0 Å². The SMILES string of the molecule is CC(C)(C)CNc1c(C#N)cnc2c(Cl)cc(N[C@H](C3=CN(C4(C(F)(F)F)CC4)NN3)c3cccc4c(=O)n(CC(F)(F)F)ccc34)cc12. The number of fused-ring (bicyclic) bond motifs is 2. The highest BCUT2D eigenvalue weighted by Crippen LogP contribution is 2.54. The topological polar surface area (TPSA) is 110 Å². The number of nitrogens with one attached hydrogen (secondary N) is 4. The summed E-state index contributed by atoms with van der Waals surface area (Å²) in [5.74, 6) is 0. The number of halogens is 7. The van der Waals surface area contributed by atoms with Gasteiger partial charge in [-0.05, 0) is 53.5 Å². The third kappa shape index (κ3) is 6.67. The van der Waals surface area contributed by atoms with Gasteiger partial charge in [0.2, 0.25) is 0 Å². The van der Waals surface area contributed by atoms with E-state index in [1.807, 2.05) is 20.8 Å². The highest BCUT2D eigenvalue weighted by atomic mass is 35.5. The van der Waals surface area contributed by atoms with Crippen molar-refractivity contribution in [2.45, 2.75) is 64.1 Å². The maximum absolute atomic E-state index is 14.1. The minimum Gasteiger partial charge on any atom is -0.383 e. The number of rotatable bonds is 8. The molecule has 0 radical (unpaired) electrons. The van der Waals surface area contributed by atoms with Gasteiger partial charge >= 0.3 is 12.4 Å². The lowest BCUT2D eigenvalue weighted by Gasteiger charge is -2.28.